The lowest BCUT2D eigenvalue weighted by Gasteiger charge is -2.34. The predicted octanol–water partition coefficient (Wildman–Crippen LogP) is 4.84. The van der Waals surface area contributed by atoms with Crippen LogP contribution in [0, 0.1) is 0 Å². The Morgan fingerprint density at radius 2 is 1.74 bits per heavy atom. The molecule has 23 heavy (non-hydrogen) atoms. The zero-order valence-corrected chi connectivity index (χ0v) is 14.0. The third-order valence-corrected chi connectivity index (χ3v) is 3.29. The minimum absolute atomic E-state index is 0.0732. The Hall–Kier alpha value is -1.98. The third kappa shape index (κ3) is 5.01. The molecular formula is C17H23F3N2O. The highest BCUT2D eigenvalue weighted by Crippen LogP contribution is 2.36. The van der Waals surface area contributed by atoms with Crippen LogP contribution in [0.4, 0.5) is 24.5 Å². The second-order valence-corrected chi connectivity index (χ2v) is 5.81. The first-order valence-electron chi connectivity index (χ1n) is 7.51. The third-order valence-electron chi connectivity index (χ3n) is 3.29. The van der Waals surface area contributed by atoms with E-state index in [1.54, 1.807) is 6.92 Å². The molecule has 128 valence electrons. The molecule has 1 aromatic carbocycles. The SMILES string of the molecule is C/C=C/C(=O)Nc1cc(C(F)(F)F)ccc1N(C(C)C)C(C)C. The summed E-state index contributed by atoms with van der Waals surface area (Å²) in [4.78, 5) is 13.8. The first-order chi connectivity index (χ1) is 10.6. The number of hydrogen-bond donors (Lipinski definition) is 1. The number of rotatable bonds is 5. The van der Waals surface area contributed by atoms with Crippen LogP contribution in [-0.4, -0.2) is 18.0 Å². The Bertz CT molecular complexity index is 570. The van der Waals surface area contributed by atoms with Gasteiger partial charge < -0.3 is 10.2 Å². The van der Waals surface area contributed by atoms with Gasteiger partial charge in [0.25, 0.3) is 0 Å². The van der Waals surface area contributed by atoms with Gasteiger partial charge in [0.2, 0.25) is 5.91 Å². The molecule has 0 aliphatic carbocycles. The molecule has 1 aromatic rings. The van der Waals surface area contributed by atoms with Gasteiger partial charge in [-0.3, -0.25) is 4.79 Å². The molecule has 0 heterocycles. The van der Waals surface area contributed by atoms with Crippen LogP contribution >= 0.6 is 0 Å². The molecule has 0 saturated heterocycles. The smallest absolute Gasteiger partial charge is 0.365 e. The van der Waals surface area contributed by atoms with Gasteiger partial charge in [-0.2, -0.15) is 13.2 Å². The minimum Gasteiger partial charge on any atom is -0.365 e. The molecule has 1 amide bonds. The highest BCUT2D eigenvalue weighted by molar-refractivity contribution is 6.01. The monoisotopic (exact) mass is 328 g/mol. The predicted molar refractivity (Wildman–Crippen MR) is 87.6 cm³/mol. The van der Waals surface area contributed by atoms with Crippen LogP contribution in [0.25, 0.3) is 0 Å². The fourth-order valence-corrected chi connectivity index (χ4v) is 2.52. The maximum absolute atomic E-state index is 13.0. The quantitative estimate of drug-likeness (QED) is 0.784. The molecule has 0 aromatic heterocycles. The second-order valence-electron chi connectivity index (χ2n) is 5.81. The molecule has 0 aliphatic rings. The van der Waals surface area contributed by atoms with Crippen molar-refractivity contribution in [1.29, 1.82) is 0 Å². The zero-order chi connectivity index (χ0) is 17.8. The van der Waals surface area contributed by atoms with E-state index < -0.39 is 17.6 Å². The van der Waals surface area contributed by atoms with Gasteiger partial charge in [-0.15, -0.1) is 0 Å². The topological polar surface area (TPSA) is 32.3 Å². The summed E-state index contributed by atoms with van der Waals surface area (Å²) in [5.41, 5.74) is -0.0596. The van der Waals surface area contributed by atoms with E-state index in [1.807, 2.05) is 32.6 Å². The van der Waals surface area contributed by atoms with Crippen LogP contribution < -0.4 is 10.2 Å². The average Bonchev–Trinajstić information content (AvgIpc) is 2.38. The Balaban J connectivity index is 3.41. The van der Waals surface area contributed by atoms with E-state index in [9.17, 15) is 18.0 Å². The second kappa shape index (κ2) is 7.53. The van der Waals surface area contributed by atoms with Crippen molar-refractivity contribution in [1.82, 2.24) is 0 Å². The molecule has 1 N–H and O–H groups in total. The van der Waals surface area contributed by atoms with Gasteiger partial charge in [0, 0.05) is 12.1 Å². The van der Waals surface area contributed by atoms with E-state index in [4.69, 9.17) is 0 Å². The molecule has 0 fully saturated rings. The molecule has 0 spiro atoms. The number of amides is 1. The van der Waals surface area contributed by atoms with Gasteiger partial charge in [0.1, 0.15) is 0 Å². The Morgan fingerprint density at radius 1 is 1.17 bits per heavy atom. The maximum Gasteiger partial charge on any atom is 0.416 e. The van der Waals surface area contributed by atoms with Crippen molar-refractivity contribution in [2.24, 2.45) is 0 Å². The molecule has 6 heteroatoms. The summed E-state index contributed by atoms with van der Waals surface area (Å²) in [6.07, 6.45) is -1.65. The van der Waals surface area contributed by atoms with Gasteiger partial charge >= 0.3 is 6.18 Å². The fourth-order valence-electron chi connectivity index (χ4n) is 2.52. The summed E-state index contributed by atoms with van der Waals surface area (Å²) >= 11 is 0. The first-order valence-corrected chi connectivity index (χ1v) is 7.51. The Labute approximate surface area is 135 Å². The molecule has 0 aliphatic heterocycles. The number of hydrogen-bond acceptors (Lipinski definition) is 2. The number of carbonyl (C=O) groups is 1. The molecule has 0 atom stereocenters. The summed E-state index contributed by atoms with van der Waals surface area (Å²) in [5, 5.41) is 2.55. The number of allylic oxidation sites excluding steroid dienone is 1. The highest BCUT2D eigenvalue weighted by atomic mass is 19.4. The molecule has 0 saturated carbocycles. The van der Waals surface area contributed by atoms with Crippen molar-refractivity contribution >= 4 is 17.3 Å². The van der Waals surface area contributed by atoms with Crippen molar-refractivity contribution in [2.75, 3.05) is 10.2 Å². The lowest BCUT2D eigenvalue weighted by Crippen LogP contribution is -2.37. The highest BCUT2D eigenvalue weighted by Gasteiger charge is 2.32. The number of nitrogens with one attached hydrogen (secondary N) is 1. The largest absolute Gasteiger partial charge is 0.416 e. The van der Waals surface area contributed by atoms with Gasteiger partial charge in [-0.25, -0.2) is 0 Å². The standard InChI is InChI=1S/C17H23F3N2O/c1-6-7-16(23)21-14-10-13(17(18,19)20)8-9-15(14)22(11(2)3)12(4)5/h6-12H,1-5H3,(H,21,23)/b7-6+. The van der Waals surface area contributed by atoms with Crippen LogP contribution in [0.1, 0.15) is 40.2 Å². The van der Waals surface area contributed by atoms with Crippen molar-refractivity contribution in [2.45, 2.75) is 52.9 Å². The van der Waals surface area contributed by atoms with Crippen molar-refractivity contribution in [3.63, 3.8) is 0 Å². The van der Waals surface area contributed by atoms with Gasteiger partial charge in [0.15, 0.2) is 0 Å². The fraction of sp³-hybridized carbons (Fsp3) is 0.471. The van der Waals surface area contributed by atoms with Crippen molar-refractivity contribution in [3.05, 3.63) is 35.9 Å². The summed E-state index contributed by atoms with van der Waals surface area (Å²) in [5.74, 6) is -0.458. The van der Waals surface area contributed by atoms with Gasteiger partial charge in [-0.05, 0) is 58.9 Å². The van der Waals surface area contributed by atoms with E-state index in [2.05, 4.69) is 5.32 Å². The Kier molecular flexibility index (Phi) is 6.24. The number of alkyl halides is 3. The van der Waals surface area contributed by atoms with Crippen LogP contribution in [0.5, 0.6) is 0 Å². The van der Waals surface area contributed by atoms with Crippen LogP contribution in [0.3, 0.4) is 0 Å². The van der Waals surface area contributed by atoms with E-state index in [1.165, 1.54) is 18.2 Å². The molecule has 0 bridgehead atoms. The van der Waals surface area contributed by atoms with Crippen molar-refractivity contribution < 1.29 is 18.0 Å². The number of benzene rings is 1. The van der Waals surface area contributed by atoms with Crippen LogP contribution in [0.2, 0.25) is 0 Å². The maximum atomic E-state index is 13.0. The molecule has 3 nitrogen and oxygen atoms in total. The number of halogens is 3. The molecule has 0 radical (unpaired) electrons. The van der Waals surface area contributed by atoms with Crippen LogP contribution in [0.15, 0.2) is 30.4 Å². The number of anilines is 2. The lowest BCUT2D eigenvalue weighted by atomic mass is 10.1. The lowest BCUT2D eigenvalue weighted by molar-refractivity contribution is -0.137. The summed E-state index contributed by atoms with van der Waals surface area (Å²) < 4.78 is 38.9. The summed E-state index contributed by atoms with van der Waals surface area (Å²) in [7, 11) is 0. The zero-order valence-electron chi connectivity index (χ0n) is 14.0. The summed E-state index contributed by atoms with van der Waals surface area (Å²) in [6.45, 7) is 9.48. The van der Waals surface area contributed by atoms with Crippen LogP contribution in [-0.2, 0) is 11.0 Å². The van der Waals surface area contributed by atoms with Gasteiger partial charge in [0.05, 0.1) is 16.9 Å². The number of carbonyl (C=O) groups excluding carboxylic acids is 1. The summed E-state index contributed by atoms with van der Waals surface area (Å²) in [6, 6.07) is 3.58. The average molecular weight is 328 g/mol. The van der Waals surface area contributed by atoms with E-state index in [0.29, 0.717) is 5.69 Å². The first kappa shape index (κ1) is 19.1. The van der Waals surface area contributed by atoms with E-state index >= 15 is 0 Å². The molecule has 1 rings (SSSR count). The Morgan fingerprint density at radius 3 is 2.17 bits per heavy atom. The molecular weight excluding hydrogens is 305 g/mol. The number of nitrogens with zero attached hydrogens (tertiary/aromatic N) is 1. The molecule has 0 unspecified atom stereocenters. The van der Waals surface area contributed by atoms with Gasteiger partial charge in [-0.1, -0.05) is 6.08 Å². The minimum atomic E-state index is -4.46. The van der Waals surface area contributed by atoms with E-state index in [0.717, 1.165) is 12.1 Å². The van der Waals surface area contributed by atoms with E-state index in [-0.39, 0.29) is 17.8 Å². The van der Waals surface area contributed by atoms with Crippen molar-refractivity contribution in [3.8, 4) is 0 Å². The normalized spacial score (nSPS) is 12.3.